The number of anilines is 1. The van der Waals surface area contributed by atoms with E-state index in [0.29, 0.717) is 17.8 Å². The Morgan fingerprint density at radius 3 is 2.25 bits per heavy atom. The van der Waals surface area contributed by atoms with Crippen LogP contribution in [0.4, 0.5) is 10.2 Å². The molecule has 1 aromatic heterocycles. The van der Waals surface area contributed by atoms with Gasteiger partial charge in [-0.2, -0.15) is 0 Å². The van der Waals surface area contributed by atoms with E-state index in [-0.39, 0.29) is 11.7 Å². The van der Waals surface area contributed by atoms with Crippen molar-refractivity contribution in [3.05, 3.63) is 95.4 Å². The Labute approximate surface area is 213 Å². The Hall–Kier alpha value is -3.87. The largest absolute Gasteiger partial charge is 0.353 e. The van der Waals surface area contributed by atoms with E-state index in [1.165, 1.54) is 6.07 Å². The number of benzene rings is 2. The molecule has 7 heteroatoms. The summed E-state index contributed by atoms with van der Waals surface area (Å²) in [5, 5.41) is 0. The molecule has 4 rings (SSSR count). The Balaban J connectivity index is 0.000000205. The second-order valence-electron chi connectivity index (χ2n) is 8.48. The molecule has 6 nitrogen and oxygen atoms in total. The first kappa shape index (κ1) is 26.7. The molecule has 0 radical (unpaired) electrons. The number of carbonyl (C=O) groups excluding carboxylic acids is 1. The number of hydrogen-bond donors (Lipinski definition) is 0. The normalized spacial score (nSPS) is 14.2. The van der Waals surface area contributed by atoms with Crippen LogP contribution in [0, 0.1) is 12.7 Å². The van der Waals surface area contributed by atoms with E-state index in [1.54, 1.807) is 32.3 Å². The van der Waals surface area contributed by atoms with E-state index in [2.05, 4.69) is 19.9 Å². The molecule has 0 N–H and O–H groups in total. The summed E-state index contributed by atoms with van der Waals surface area (Å²) in [6.45, 7) is 8.96. The summed E-state index contributed by atoms with van der Waals surface area (Å²) in [4.78, 5) is 28.7. The van der Waals surface area contributed by atoms with Crippen LogP contribution in [0.1, 0.15) is 37.0 Å². The van der Waals surface area contributed by atoms with Crippen molar-refractivity contribution in [2.45, 2.75) is 27.2 Å². The highest BCUT2D eigenvalue weighted by atomic mass is 19.1. The van der Waals surface area contributed by atoms with Crippen LogP contribution in [0.5, 0.6) is 0 Å². The van der Waals surface area contributed by atoms with Crippen molar-refractivity contribution < 1.29 is 9.18 Å². The predicted molar refractivity (Wildman–Crippen MR) is 146 cm³/mol. The average molecular weight is 488 g/mol. The molecule has 1 amide bonds. The van der Waals surface area contributed by atoms with Gasteiger partial charge in [-0.15, -0.1) is 0 Å². The summed E-state index contributed by atoms with van der Waals surface area (Å²) in [7, 11) is 1.69. The monoisotopic (exact) mass is 487 g/mol. The summed E-state index contributed by atoms with van der Waals surface area (Å²) in [6.07, 6.45) is 2.41. The number of carbonyl (C=O) groups is 1. The van der Waals surface area contributed by atoms with Crippen molar-refractivity contribution in [3.63, 3.8) is 0 Å². The first-order valence-corrected chi connectivity index (χ1v) is 12.2. The number of pyridine rings is 1. The minimum absolute atomic E-state index is 0.215. The van der Waals surface area contributed by atoms with Crippen molar-refractivity contribution in [2.24, 2.45) is 9.98 Å². The molecule has 188 valence electrons. The highest BCUT2D eigenvalue weighted by Crippen LogP contribution is 2.13. The van der Waals surface area contributed by atoms with Gasteiger partial charge in [-0.25, -0.2) is 14.4 Å². The van der Waals surface area contributed by atoms with Gasteiger partial charge in [0, 0.05) is 57.1 Å². The number of rotatable bonds is 4. The number of piperazine rings is 1. The number of aryl methyl sites for hydroxylation is 1. The van der Waals surface area contributed by atoms with E-state index in [4.69, 9.17) is 0 Å². The molecule has 1 aliphatic heterocycles. The number of aromatic nitrogens is 1. The van der Waals surface area contributed by atoms with Gasteiger partial charge in [0.05, 0.1) is 0 Å². The fourth-order valence-electron chi connectivity index (χ4n) is 3.88. The molecule has 2 aromatic carbocycles. The molecule has 0 bridgehead atoms. The highest BCUT2D eigenvalue weighted by molar-refractivity contribution is 6.11. The van der Waals surface area contributed by atoms with Crippen LogP contribution in [0.25, 0.3) is 0 Å². The van der Waals surface area contributed by atoms with Crippen molar-refractivity contribution >= 4 is 23.3 Å². The molecule has 3 aromatic rings. The van der Waals surface area contributed by atoms with Crippen LogP contribution in [0.3, 0.4) is 0 Å². The van der Waals surface area contributed by atoms with Gasteiger partial charge in [-0.1, -0.05) is 43.3 Å². The van der Waals surface area contributed by atoms with Gasteiger partial charge in [-0.05, 0) is 55.3 Å². The summed E-state index contributed by atoms with van der Waals surface area (Å²) in [5.41, 5.74) is 3.35. The number of hydrogen-bond acceptors (Lipinski definition) is 4. The molecule has 0 spiro atoms. The predicted octanol–water partition coefficient (Wildman–Crippen LogP) is 5.16. The lowest BCUT2D eigenvalue weighted by molar-refractivity contribution is -0.131. The molecule has 1 aliphatic rings. The fraction of sp³-hybridized carbons (Fsp3) is 0.310. The molecular formula is C29H34FN5O. The van der Waals surface area contributed by atoms with Gasteiger partial charge in [0.25, 0.3) is 0 Å². The van der Waals surface area contributed by atoms with E-state index < -0.39 is 0 Å². The van der Waals surface area contributed by atoms with Crippen molar-refractivity contribution in [1.82, 2.24) is 9.88 Å². The zero-order valence-corrected chi connectivity index (χ0v) is 21.5. The van der Waals surface area contributed by atoms with E-state index in [0.717, 1.165) is 48.8 Å². The maximum absolute atomic E-state index is 13.3. The standard InChI is InChI=1S/C17H17FN2.C12H17N3O/c1-12-11-15(9-10-16(12)18)17(19-3)20-13(2)14-7-5-4-6-8-14;1-2-12(16)15-9-7-14(8-10-15)11-5-3-4-6-13-11/h4-11H,1-3H3;3-6H,2,7-10H2,1H3. The van der Waals surface area contributed by atoms with Gasteiger partial charge >= 0.3 is 0 Å². The summed E-state index contributed by atoms with van der Waals surface area (Å²) in [5.74, 6) is 1.65. The quantitative estimate of drug-likeness (QED) is 0.377. The van der Waals surface area contributed by atoms with Crippen molar-refractivity contribution in [1.29, 1.82) is 0 Å². The number of amidine groups is 1. The Bertz CT molecular complexity index is 1190. The molecule has 0 aliphatic carbocycles. The highest BCUT2D eigenvalue weighted by Gasteiger charge is 2.20. The SMILES string of the molecule is CCC(=O)N1CCN(c2ccccn2)CC1.CN=C(N=C(C)c1ccccc1)c1ccc(F)c(C)c1. The Kier molecular flexibility index (Phi) is 9.86. The minimum Gasteiger partial charge on any atom is -0.353 e. The van der Waals surface area contributed by atoms with Crippen molar-refractivity contribution in [2.75, 3.05) is 38.1 Å². The molecule has 2 heterocycles. The Morgan fingerprint density at radius 1 is 0.972 bits per heavy atom. The number of amides is 1. The summed E-state index contributed by atoms with van der Waals surface area (Å²) < 4.78 is 13.3. The lowest BCUT2D eigenvalue weighted by Gasteiger charge is -2.35. The second kappa shape index (κ2) is 13.3. The van der Waals surface area contributed by atoms with Gasteiger partial charge in [0.2, 0.25) is 5.91 Å². The fourth-order valence-corrected chi connectivity index (χ4v) is 3.88. The maximum atomic E-state index is 13.3. The van der Waals surface area contributed by atoms with E-state index in [1.807, 2.05) is 67.3 Å². The van der Waals surface area contributed by atoms with Gasteiger partial charge < -0.3 is 9.80 Å². The summed E-state index contributed by atoms with van der Waals surface area (Å²) in [6, 6.07) is 20.7. The van der Waals surface area contributed by atoms with E-state index >= 15 is 0 Å². The van der Waals surface area contributed by atoms with Gasteiger partial charge in [-0.3, -0.25) is 9.79 Å². The molecule has 0 atom stereocenters. The first-order valence-electron chi connectivity index (χ1n) is 12.2. The zero-order valence-electron chi connectivity index (χ0n) is 21.5. The molecule has 0 unspecified atom stereocenters. The molecule has 1 fully saturated rings. The third kappa shape index (κ3) is 7.31. The van der Waals surface area contributed by atoms with Crippen LogP contribution in [0.15, 0.2) is 82.9 Å². The number of aliphatic imine (C=N–C) groups is 2. The number of halogens is 1. The average Bonchev–Trinajstić information content (AvgIpc) is 2.94. The zero-order chi connectivity index (χ0) is 25.9. The third-order valence-corrected chi connectivity index (χ3v) is 6.00. The molecular weight excluding hydrogens is 453 g/mol. The van der Waals surface area contributed by atoms with Crippen molar-refractivity contribution in [3.8, 4) is 0 Å². The maximum Gasteiger partial charge on any atom is 0.222 e. The molecule has 0 saturated carbocycles. The van der Waals surface area contributed by atoms with E-state index in [9.17, 15) is 9.18 Å². The topological polar surface area (TPSA) is 61.2 Å². The van der Waals surface area contributed by atoms with Crippen LogP contribution in [0.2, 0.25) is 0 Å². The summed E-state index contributed by atoms with van der Waals surface area (Å²) >= 11 is 0. The molecule has 36 heavy (non-hydrogen) atoms. The third-order valence-electron chi connectivity index (χ3n) is 6.00. The van der Waals surface area contributed by atoms with Crippen LogP contribution < -0.4 is 4.90 Å². The first-order chi connectivity index (χ1) is 17.4. The van der Waals surface area contributed by atoms with Crippen LogP contribution in [-0.4, -0.2) is 60.6 Å². The minimum atomic E-state index is -0.215. The lowest BCUT2D eigenvalue weighted by atomic mass is 10.1. The van der Waals surface area contributed by atoms with Gasteiger partial charge in [0.15, 0.2) is 5.84 Å². The van der Waals surface area contributed by atoms with Gasteiger partial charge in [0.1, 0.15) is 11.6 Å². The smallest absolute Gasteiger partial charge is 0.222 e. The second-order valence-corrected chi connectivity index (χ2v) is 8.48. The Morgan fingerprint density at radius 2 is 1.67 bits per heavy atom. The number of nitrogens with zero attached hydrogens (tertiary/aromatic N) is 5. The lowest BCUT2D eigenvalue weighted by Crippen LogP contribution is -2.48. The molecule has 1 saturated heterocycles. The van der Waals surface area contributed by atoms with Crippen LogP contribution >= 0.6 is 0 Å². The van der Waals surface area contributed by atoms with Crippen LogP contribution in [-0.2, 0) is 4.79 Å².